The number of fused-ring (bicyclic) bond motifs is 1. The number of benzene rings is 1. The van der Waals surface area contributed by atoms with Crippen LogP contribution in [0.15, 0.2) is 51.7 Å². The third-order valence-electron chi connectivity index (χ3n) is 3.22. The second-order valence-electron chi connectivity index (χ2n) is 4.92. The van der Waals surface area contributed by atoms with E-state index in [0.717, 1.165) is 22.1 Å². The molecular formula is C16H14N2O4. The smallest absolute Gasteiger partial charge is 0.305 e. The number of hydrogen-bond acceptors (Lipinski definition) is 4. The summed E-state index contributed by atoms with van der Waals surface area (Å²) in [5, 5.41) is 0.896. The minimum Gasteiger partial charge on any atom is -0.464 e. The fourth-order valence-electron chi connectivity index (χ4n) is 2.15. The van der Waals surface area contributed by atoms with Crippen molar-refractivity contribution >= 4 is 22.8 Å². The van der Waals surface area contributed by atoms with Gasteiger partial charge >= 0.3 is 5.91 Å². The maximum Gasteiger partial charge on any atom is 0.305 e. The molecule has 2 aromatic heterocycles. The number of furan rings is 2. The van der Waals surface area contributed by atoms with Crippen molar-refractivity contribution in [1.29, 1.82) is 0 Å². The lowest BCUT2D eigenvalue weighted by molar-refractivity contribution is -0.121. The van der Waals surface area contributed by atoms with E-state index >= 15 is 0 Å². The van der Waals surface area contributed by atoms with Gasteiger partial charge in [0.15, 0.2) is 5.76 Å². The van der Waals surface area contributed by atoms with Crippen LogP contribution in [0.3, 0.4) is 0 Å². The van der Waals surface area contributed by atoms with Crippen LogP contribution in [0.4, 0.5) is 0 Å². The topological polar surface area (TPSA) is 84.5 Å². The molecule has 2 amide bonds. The molecule has 0 fully saturated rings. The van der Waals surface area contributed by atoms with Crippen LogP contribution in [0, 0.1) is 6.92 Å². The number of hydrogen-bond donors (Lipinski definition) is 2. The third kappa shape index (κ3) is 2.85. The van der Waals surface area contributed by atoms with Crippen LogP contribution in [0.1, 0.15) is 21.7 Å². The molecule has 0 bridgehead atoms. The van der Waals surface area contributed by atoms with Gasteiger partial charge in [0.1, 0.15) is 5.58 Å². The molecule has 0 atom stereocenters. The maximum absolute atomic E-state index is 11.9. The molecule has 0 saturated heterocycles. The first-order valence-electron chi connectivity index (χ1n) is 6.73. The highest BCUT2D eigenvalue weighted by Gasteiger charge is 2.13. The van der Waals surface area contributed by atoms with Crippen LogP contribution >= 0.6 is 0 Å². The van der Waals surface area contributed by atoms with Gasteiger partial charge in [-0.1, -0.05) is 11.6 Å². The molecule has 6 heteroatoms. The molecule has 0 saturated carbocycles. The molecule has 112 valence electrons. The standard InChI is InChI=1S/C16H14N2O4/c1-10-4-5-13-12(7-10)11(9-22-13)8-15(19)17-18-16(20)14-3-2-6-21-14/h2-7,9H,8H2,1H3,(H,17,19)(H,18,20). The Bertz CT molecular complexity index is 818. The lowest BCUT2D eigenvalue weighted by Crippen LogP contribution is -2.42. The minimum absolute atomic E-state index is 0.106. The highest BCUT2D eigenvalue weighted by atomic mass is 16.3. The minimum atomic E-state index is -0.508. The largest absolute Gasteiger partial charge is 0.464 e. The molecule has 2 heterocycles. The lowest BCUT2D eigenvalue weighted by Gasteiger charge is -2.05. The van der Waals surface area contributed by atoms with Gasteiger partial charge in [0, 0.05) is 10.9 Å². The number of carbonyl (C=O) groups excluding carboxylic acids is 2. The lowest BCUT2D eigenvalue weighted by atomic mass is 10.1. The molecule has 3 aromatic rings. The summed E-state index contributed by atoms with van der Waals surface area (Å²) in [4.78, 5) is 23.5. The SMILES string of the molecule is Cc1ccc2occ(CC(=O)NNC(=O)c3ccco3)c2c1. The fraction of sp³-hybridized carbons (Fsp3) is 0.125. The van der Waals surface area contributed by atoms with E-state index < -0.39 is 5.91 Å². The van der Waals surface area contributed by atoms with E-state index in [1.807, 2.05) is 25.1 Å². The Labute approximate surface area is 126 Å². The van der Waals surface area contributed by atoms with E-state index in [9.17, 15) is 9.59 Å². The molecule has 22 heavy (non-hydrogen) atoms. The number of amides is 2. The number of carbonyl (C=O) groups is 2. The summed E-state index contributed by atoms with van der Waals surface area (Å²) in [7, 11) is 0. The van der Waals surface area contributed by atoms with Gasteiger partial charge in [-0.05, 0) is 31.2 Å². The van der Waals surface area contributed by atoms with E-state index in [4.69, 9.17) is 8.83 Å². The average Bonchev–Trinajstić information content (AvgIpc) is 3.15. The first kappa shape index (κ1) is 13.9. The Morgan fingerprint density at radius 1 is 1.14 bits per heavy atom. The van der Waals surface area contributed by atoms with E-state index in [0.29, 0.717) is 0 Å². The molecule has 0 radical (unpaired) electrons. The van der Waals surface area contributed by atoms with Crippen molar-refractivity contribution in [2.45, 2.75) is 13.3 Å². The molecule has 2 N–H and O–H groups in total. The van der Waals surface area contributed by atoms with Gasteiger partial charge in [-0.15, -0.1) is 0 Å². The number of rotatable bonds is 3. The summed E-state index contributed by atoms with van der Waals surface area (Å²) >= 11 is 0. The van der Waals surface area contributed by atoms with Crippen molar-refractivity contribution in [2.75, 3.05) is 0 Å². The zero-order valence-electron chi connectivity index (χ0n) is 11.9. The number of hydrazine groups is 1. The number of nitrogens with one attached hydrogen (secondary N) is 2. The maximum atomic E-state index is 11.9. The molecule has 1 aromatic carbocycles. The molecule has 0 unspecified atom stereocenters. The van der Waals surface area contributed by atoms with E-state index in [-0.39, 0.29) is 18.1 Å². The van der Waals surface area contributed by atoms with Gasteiger partial charge in [0.25, 0.3) is 0 Å². The number of aryl methyl sites for hydroxylation is 1. The molecule has 0 aliphatic carbocycles. The van der Waals surface area contributed by atoms with Crippen LogP contribution in [0.5, 0.6) is 0 Å². The van der Waals surface area contributed by atoms with Crippen LogP contribution in [0.25, 0.3) is 11.0 Å². The van der Waals surface area contributed by atoms with Crippen molar-refractivity contribution in [3.05, 3.63) is 59.7 Å². The Morgan fingerprint density at radius 3 is 2.77 bits per heavy atom. The van der Waals surface area contributed by atoms with Crippen LogP contribution in [0.2, 0.25) is 0 Å². The van der Waals surface area contributed by atoms with Crippen LogP contribution < -0.4 is 10.9 Å². The van der Waals surface area contributed by atoms with Gasteiger partial charge < -0.3 is 8.83 Å². The summed E-state index contributed by atoms with van der Waals surface area (Å²) in [5.41, 5.74) is 7.22. The highest BCUT2D eigenvalue weighted by Crippen LogP contribution is 2.22. The second-order valence-corrected chi connectivity index (χ2v) is 4.92. The van der Waals surface area contributed by atoms with Gasteiger partial charge in [0.2, 0.25) is 5.91 Å². The van der Waals surface area contributed by atoms with E-state index in [1.165, 1.54) is 12.3 Å². The summed E-state index contributed by atoms with van der Waals surface area (Å²) in [5.74, 6) is -0.722. The average molecular weight is 298 g/mol. The summed E-state index contributed by atoms with van der Waals surface area (Å²) < 4.78 is 10.3. The van der Waals surface area contributed by atoms with E-state index in [1.54, 1.807) is 12.3 Å². The van der Waals surface area contributed by atoms with Crippen LogP contribution in [-0.4, -0.2) is 11.8 Å². The van der Waals surface area contributed by atoms with Crippen molar-refractivity contribution < 1.29 is 18.4 Å². The van der Waals surface area contributed by atoms with Gasteiger partial charge in [-0.2, -0.15) is 0 Å². The first-order chi connectivity index (χ1) is 10.6. The van der Waals surface area contributed by atoms with Gasteiger partial charge in [0.05, 0.1) is 18.9 Å². The third-order valence-corrected chi connectivity index (χ3v) is 3.22. The zero-order valence-corrected chi connectivity index (χ0v) is 11.9. The summed E-state index contributed by atoms with van der Waals surface area (Å²) in [6.45, 7) is 1.97. The molecule has 0 aliphatic heterocycles. The quantitative estimate of drug-likeness (QED) is 0.727. The fourth-order valence-corrected chi connectivity index (χ4v) is 2.15. The molecular weight excluding hydrogens is 284 g/mol. The zero-order chi connectivity index (χ0) is 15.5. The Morgan fingerprint density at radius 2 is 2.00 bits per heavy atom. The molecule has 0 spiro atoms. The van der Waals surface area contributed by atoms with Crippen molar-refractivity contribution in [2.24, 2.45) is 0 Å². The normalized spacial score (nSPS) is 10.6. The van der Waals surface area contributed by atoms with Crippen molar-refractivity contribution in [3.63, 3.8) is 0 Å². The molecule has 6 nitrogen and oxygen atoms in total. The Hall–Kier alpha value is -3.02. The van der Waals surface area contributed by atoms with Gasteiger partial charge in [-0.25, -0.2) is 0 Å². The summed E-state index contributed by atoms with van der Waals surface area (Å²) in [6, 6.07) is 8.87. The van der Waals surface area contributed by atoms with Crippen molar-refractivity contribution in [1.82, 2.24) is 10.9 Å². The molecule has 3 rings (SSSR count). The van der Waals surface area contributed by atoms with E-state index in [2.05, 4.69) is 10.9 Å². The van der Waals surface area contributed by atoms with Gasteiger partial charge in [-0.3, -0.25) is 20.4 Å². The Balaban J connectivity index is 1.63. The Kier molecular flexibility index (Phi) is 3.65. The molecule has 0 aliphatic rings. The first-order valence-corrected chi connectivity index (χ1v) is 6.73. The monoisotopic (exact) mass is 298 g/mol. The predicted octanol–water partition coefficient (Wildman–Crippen LogP) is 2.34. The highest BCUT2D eigenvalue weighted by molar-refractivity contribution is 5.94. The second kappa shape index (κ2) is 5.77. The summed E-state index contributed by atoms with van der Waals surface area (Å²) in [6.07, 6.45) is 3.05. The predicted molar refractivity (Wildman–Crippen MR) is 79.0 cm³/mol. The van der Waals surface area contributed by atoms with Crippen molar-refractivity contribution in [3.8, 4) is 0 Å². The van der Waals surface area contributed by atoms with Crippen LogP contribution in [-0.2, 0) is 11.2 Å².